The molecule has 1 aromatic carbocycles. The van der Waals surface area contributed by atoms with E-state index in [1.165, 1.54) is 5.56 Å². The van der Waals surface area contributed by atoms with Gasteiger partial charge in [0.25, 0.3) is 0 Å². The molecule has 0 spiro atoms. The van der Waals surface area contributed by atoms with E-state index in [-0.39, 0.29) is 11.6 Å². The minimum atomic E-state index is -0.0522. The zero-order valence-electron chi connectivity index (χ0n) is 13.2. The van der Waals surface area contributed by atoms with Gasteiger partial charge in [0.2, 0.25) is 0 Å². The third-order valence-electron chi connectivity index (χ3n) is 2.48. The van der Waals surface area contributed by atoms with E-state index in [9.17, 15) is 0 Å². The van der Waals surface area contributed by atoms with Crippen LogP contribution in [0.2, 0.25) is 0 Å². The molecule has 0 amide bonds. The fourth-order valence-corrected chi connectivity index (χ4v) is 1.74. The Morgan fingerprint density at radius 1 is 1.25 bits per heavy atom. The van der Waals surface area contributed by atoms with E-state index in [0.717, 1.165) is 12.2 Å². The lowest BCUT2D eigenvalue weighted by atomic mass is 10.1. The van der Waals surface area contributed by atoms with Gasteiger partial charge in [-0.05, 0) is 58.7 Å². The standard InChI is InChI=1S/C16H27N3O/c1-12(2)20-14-8-6-13(7-9-14)10-11-18-15(17)19-16(3,4)5/h6-9,12H,10-11H2,1-5H3,(H3,17,18,19). The summed E-state index contributed by atoms with van der Waals surface area (Å²) in [6.07, 6.45) is 1.07. The Labute approximate surface area is 122 Å². The first kappa shape index (κ1) is 16.3. The van der Waals surface area contributed by atoms with Gasteiger partial charge >= 0.3 is 0 Å². The van der Waals surface area contributed by atoms with Crippen molar-refractivity contribution < 1.29 is 4.74 Å². The van der Waals surface area contributed by atoms with Crippen molar-refractivity contribution >= 4 is 5.96 Å². The van der Waals surface area contributed by atoms with E-state index in [4.69, 9.17) is 10.5 Å². The Kier molecular flexibility index (Phi) is 5.86. The van der Waals surface area contributed by atoms with Crippen LogP contribution < -0.4 is 15.8 Å². The molecule has 0 aromatic heterocycles. The van der Waals surface area contributed by atoms with Gasteiger partial charge in [-0.15, -0.1) is 0 Å². The fourth-order valence-electron chi connectivity index (χ4n) is 1.74. The summed E-state index contributed by atoms with van der Waals surface area (Å²) in [4.78, 5) is 4.33. The minimum absolute atomic E-state index is 0.0522. The molecule has 4 heteroatoms. The molecule has 0 aliphatic rings. The SMILES string of the molecule is CC(C)Oc1ccc(CCN=C(N)NC(C)(C)C)cc1. The average molecular weight is 277 g/mol. The zero-order valence-corrected chi connectivity index (χ0v) is 13.2. The van der Waals surface area contributed by atoms with Crippen molar-refractivity contribution in [2.75, 3.05) is 6.54 Å². The fraction of sp³-hybridized carbons (Fsp3) is 0.562. The number of aliphatic imine (C=N–C) groups is 1. The first-order valence-corrected chi connectivity index (χ1v) is 7.10. The van der Waals surface area contributed by atoms with Gasteiger partial charge in [0.05, 0.1) is 6.10 Å². The largest absolute Gasteiger partial charge is 0.491 e. The monoisotopic (exact) mass is 277 g/mol. The van der Waals surface area contributed by atoms with Crippen LogP contribution in [0.25, 0.3) is 0 Å². The van der Waals surface area contributed by atoms with Gasteiger partial charge in [-0.3, -0.25) is 4.99 Å². The van der Waals surface area contributed by atoms with Gasteiger partial charge in [0.1, 0.15) is 5.75 Å². The maximum absolute atomic E-state index is 5.82. The maximum Gasteiger partial charge on any atom is 0.188 e. The summed E-state index contributed by atoms with van der Waals surface area (Å²) >= 11 is 0. The first-order chi connectivity index (χ1) is 9.26. The molecule has 0 heterocycles. The molecule has 1 aromatic rings. The molecule has 0 radical (unpaired) electrons. The molecular weight excluding hydrogens is 250 g/mol. The van der Waals surface area contributed by atoms with Crippen molar-refractivity contribution in [3.05, 3.63) is 29.8 Å². The Morgan fingerprint density at radius 3 is 2.35 bits per heavy atom. The number of guanidine groups is 1. The number of ether oxygens (including phenoxy) is 1. The third kappa shape index (κ3) is 7.02. The summed E-state index contributed by atoms with van der Waals surface area (Å²) in [7, 11) is 0. The minimum Gasteiger partial charge on any atom is -0.491 e. The molecule has 0 unspecified atom stereocenters. The summed E-state index contributed by atoms with van der Waals surface area (Å²) in [5, 5.41) is 3.14. The van der Waals surface area contributed by atoms with Crippen molar-refractivity contribution in [1.29, 1.82) is 0 Å². The van der Waals surface area contributed by atoms with Gasteiger partial charge in [0.15, 0.2) is 5.96 Å². The molecule has 3 N–H and O–H groups in total. The van der Waals surface area contributed by atoms with Crippen molar-refractivity contribution in [3.63, 3.8) is 0 Å². The lowest BCUT2D eigenvalue weighted by Gasteiger charge is -2.20. The molecule has 0 aliphatic heterocycles. The Morgan fingerprint density at radius 2 is 1.85 bits per heavy atom. The molecule has 0 saturated carbocycles. The van der Waals surface area contributed by atoms with Gasteiger partial charge in [-0.1, -0.05) is 12.1 Å². The van der Waals surface area contributed by atoms with E-state index in [0.29, 0.717) is 12.5 Å². The summed E-state index contributed by atoms with van der Waals surface area (Å²) < 4.78 is 5.61. The summed E-state index contributed by atoms with van der Waals surface area (Å²) in [6.45, 7) is 10.9. The molecule has 112 valence electrons. The second-order valence-electron chi connectivity index (χ2n) is 6.20. The lowest BCUT2D eigenvalue weighted by Crippen LogP contribution is -2.45. The number of hydrogen-bond acceptors (Lipinski definition) is 2. The number of nitrogens with two attached hydrogens (primary N) is 1. The second kappa shape index (κ2) is 7.17. The molecule has 20 heavy (non-hydrogen) atoms. The molecule has 0 aliphatic carbocycles. The van der Waals surface area contributed by atoms with E-state index in [2.05, 4.69) is 43.2 Å². The van der Waals surface area contributed by atoms with Gasteiger partial charge in [0, 0.05) is 12.1 Å². The predicted octanol–water partition coefficient (Wildman–Crippen LogP) is 2.72. The summed E-state index contributed by atoms with van der Waals surface area (Å²) in [5.74, 6) is 1.40. The van der Waals surface area contributed by atoms with E-state index >= 15 is 0 Å². The molecular formula is C16H27N3O. The van der Waals surface area contributed by atoms with Crippen molar-refractivity contribution in [2.45, 2.75) is 52.7 Å². The third-order valence-corrected chi connectivity index (χ3v) is 2.48. The molecule has 0 saturated heterocycles. The lowest BCUT2D eigenvalue weighted by molar-refractivity contribution is 0.242. The van der Waals surface area contributed by atoms with E-state index in [1.807, 2.05) is 26.0 Å². The zero-order chi connectivity index (χ0) is 15.2. The van der Waals surface area contributed by atoms with Crippen LogP contribution in [0, 0.1) is 0 Å². The summed E-state index contributed by atoms with van der Waals surface area (Å²) in [5.41, 5.74) is 7.00. The van der Waals surface area contributed by atoms with Crippen molar-refractivity contribution in [1.82, 2.24) is 5.32 Å². The smallest absolute Gasteiger partial charge is 0.188 e. The van der Waals surface area contributed by atoms with Crippen LogP contribution in [0.4, 0.5) is 0 Å². The predicted molar refractivity (Wildman–Crippen MR) is 85.3 cm³/mol. The molecule has 0 fully saturated rings. The number of benzene rings is 1. The van der Waals surface area contributed by atoms with E-state index in [1.54, 1.807) is 0 Å². The highest BCUT2D eigenvalue weighted by molar-refractivity contribution is 5.78. The van der Waals surface area contributed by atoms with Crippen LogP contribution in [-0.4, -0.2) is 24.1 Å². The van der Waals surface area contributed by atoms with Crippen LogP contribution in [0.1, 0.15) is 40.2 Å². The first-order valence-electron chi connectivity index (χ1n) is 7.10. The number of rotatable bonds is 5. The highest BCUT2D eigenvalue weighted by atomic mass is 16.5. The van der Waals surface area contributed by atoms with Crippen LogP contribution in [0.15, 0.2) is 29.3 Å². The highest BCUT2D eigenvalue weighted by Crippen LogP contribution is 2.14. The average Bonchev–Trinajstić information content (AvgIpc) is 2.28. The number of hydrogen-bond donors (Lipinski definition) is 2. The molecule has 4 nitrogen and oxygen atoms in total. The van der Waals surface area contributed by atoms with Gasteiger partial charge in [-0.25, -0.2) is 0 Å². The van der Waals surface area contributed by atoms with Gasteiger partial charge in [-0.2, -0.15) is 0 Å². The molecule has 0 bridgehead atoms. The molecule has 1 rings (SSSR count). The van der Waals surface area contributed by atoms with Crippen LogP contribution in [0.5, 0.6) is 5.75 Å². The quantitative estimate of drug-likeness (QED) is 0.642. The topological polar surface area (TPSA) is 59.6 Å². The van der Waals surface area contributed by atoms with Crippen LogP contribution in [0.3, 0.4) is 0 Å². The maximum atomic E-state index is 5.82. The van der Waals surface area contributed by atoms with Crippen molar-refractivity contribution in [3.8, 4) is 5.75 Å². The second-order valence-corrected chi connectivity index (χ2v) is 6.20. The Hall–Kier alpha value is -1.71. The number of nitrogens with one attached hydrogen (secondary N) is 1. The highest BCUT2D eigenvalue weighted by Gasteiger charge is 2.09. The van der Waals surface area contributed by atoms with E-state index < -0.39 is 0 Å². The Bertz CT molecular complexity index is 430. The Balaban J connectivity index is 2.44. The van der Waals surface area contributed by atoms with Crippen molar-refractivity contribution in [2.24, 2.45) is 10.7 Å². The van der Waals surface area contributed by atoms with Crippen LogP contribution >= 0.6 is 0 Å². The van der Waals surface area contributed by atoms with Crippen LogP contribution in [-0.2, 0) is 6.42 Å². The van der Waals surface area contributed by atoms with Gasteiger partial charge < -0.3 is 15.8 Å². The summed E-state index contributed by atoms with van der Waals surface area (Å²) in [6, 6.07) is 8.13. The molecule has 0 atom stereocenters. The normalized spacial score (nSPS) is 12.6. The number of nitrogens with zero attached hydrogens (tertiary/aromatic N) is 1.